The highest BCUT2D eigenvalue weighted by molar-refractivity contribution is 5.88. The van der Waals surface area contributed by atoms with Crippen molar-refractivity contribution in [3.05, 3.63) is 47.3 Å². The topological polar surface area (TPSA) is 96.1 Å². The Bertz CT molecular complexity index is 660. The fraction of sp³-hybridized carbons (Fsp3) is 0.0769. The summed E-state index contributed by atoms with van der Waals surface area (Å²) in [6, 6.07) is 8.49. The molecule has 1 N–H and O–H groups in total. The summed E-state index contributed by atoms with van der Waals surface area (Å²) in [6.45, 7) is 1.57. The molecule has 1 aromatic carbocycles. The number of aromatic nitrogens is 2. The first-order chi connectivity index (χ1) is 9.10. The van der Waals surface area contributed by atoms with Gasteiger partial charge in [-0.15, -0.1) is 0 Å². The van der Waals surface area contributed by atoms with Crippen molar-refractivity contribution in [3.63, 3.8) is 0 Å². The molecular weight excluding hydrogens is 246 g/mol. The van der Waals surface area contributed by atoms with Crippen LogP contribution in [0.1, 0.15) is 21.6 Å². The molecule has 0 fully saturated rings. The van der Waals surface area contributed by atoms with Gasteiger partial charge in [0.25, 0.3) is 0 Å². The maximum Gasteiger partial charge on any atom is 0.339 e. The third-order valence-electron chi connectivity index (χ3n) is 2.38. The molecule has 0 amide bonds. The van der Waals surface area contributed by atoms with Gasteiger partial charge in [-0.3, -0.25) is 0 Å². The Balaban J connectivity index is 2.21. The number of benzene rings is 1. The average molecular weight is 255 g/mol. The standard InChI is InChI=1S/C13H9N3O3/c1-8-11(12(17)18)7-15-13(16-8)19-10-4-2-9(6-14)3-5-10/h2-5,7H,1H3,(H,17,18). The lowest BCUT2D eigenvalue weighted by molar-refractivity contribution is 0.0695. The van der Waals surface area contributed by atoms with Crippen LogP contribution in [0, 0.1) is 18.3 Å². The molecule has 6 nitrogen and oxygen atoms in total. The van der Waals surface area contributed by atoms with E-state index in [0.29, 0.717) is 17.0 Å². The Morgan fingerprint density at radius 2 is 2.05 bits per heavy atom. The van der Waals surface area contributed by atoms with E-state index in [9.17, 15) is 4.79 Å². The number of rotatable bonds is 3. The van der Waals surface area contributed by atoms with Crippen molar-refractivity contribution in [2.45, 2.75) is 6.92 Å². The molecule has 2 aromatic rings. The Hall–Kier alpha value is -2.94. The molecule has 1 heterocycles. The van der Waals surface area contributed by atoms with Crippen molar-refractivity contribution < 1.29 is 14.6 Å². The SMILES string of the molecule is Cc1nc(Oc2ccc(C#N)cc2)ncc1C(=O)O. The van der Waals surface area contributed by atoms with E-state index in [1.807, 2.05) is 6.07 Å². The first-order valence-corrected chi connectivity index (χ1v) is 5.35. The van der Waals surface area contributed by atoms with E-state index in [2.05, 4.69) is 9.97 Å². The minimum atomic E-state index is -1.08. The maximum absolute atomic E-state index is 10.8. The quantitative estimate of drug-likeness (QED) is 0.902. The van der Waals surface area contributed by atoms with Gasteiger partial charge in [0.2, 0.25) is 0 Å². The van der Waals surface area contributed by atoms with Crippen LogP contribution >= 0.6 is 0 Å². The maximum atomic E-state index is 10.8. The molecule has 0 radical (unpaired) electrons. The van der Waals surface area contributed by atoms with E-state index >= 15 is 0 Å². The van der Waals surface area contributed by atoms with Gasteiger partial charge in [0.15, 0.2) is 0 Å². The minimum absolute atomic E-state index is 0.0344. The zero-order valence-electron chi connectivity index (χ0n) is 9.99. The Labute approximate surface area is 108 Å². The number of carboxylic acid groups (broad SMARTS) is 1. The van der Waals surface area contributed by atoms with Crippen LogP contribution in [0.15, 0.2) is 30.5 Å². The molecule has 0 unspecified atom stereocenters. The third kappa shape index (κ3) is 2.84. The van der Waals surface area contributed by atoms with Crippen molar-refractivity contribution in [2.24, 2.45) is 0 Å². The highest BCUT2D eigenvalue weighted by Gasteiger charge is 2.10. The number of hydrogen-bond acceptors (Lipinski definition) is 5. The van der Waals surface area contributed by atoms with E-state index in [1.54, 1.807) is 31.2 Å². The second-order valence-corrected chi connectivity index (χ2v) is 3.70. The molecular formula is C13H9N3O3. The van der Waals surface area contributed by atoms with Crippen LogP contribution in [0.25, 0.3) is 0 Å². The number of carboxylic acids is 1. The lowest BCUT2D eigenvalue weighted by Gasteiger charge is -2.05. The fourth-order valence-corrected chi connectivity index (χ4v) is 1.41. The van der Waals surface area contributed by atoms with Crippen molar-refractivity contribution in [1.82, 2.24) is 9.97 Å². The lowest BCUT2D eigenvalue weighted by Crippen LogP contribution is -2.04. The van der Waals surface area contributed by atoms with E-state index in [-0.39, 0.29) is 11.6 Å². The summed E-state index contributed by atoms with van der Waals surface area (Å²) >= 11 is 0. The number of ether oxygens (including phenoxy) is 1. The number of aromatic carboxylic acids is 1. The second kappa shape index (κ2) is 5.14. The summed E-state index contributed by atoms with van der Waals surface area (Å²) in [7, 11) is 0. The van der Waals surface area contributed by atoms with Crippen LogP contribution < -0.4 is 4.74 Å². The monoisotopic (exact) mass is 255 g/mol. The molecule has 0 spiro atoms. The van der Waals surface area contributed by atoms with Crippen LogP contribution in [0.2, 0.25) is 0 Å². The largest absolute Gasteiger partial charge is 0.478 e. The van der Waals surface area contributed by atoms with Crippen molar-refractivity contribution in [1.29, 1.82) is 5.26 Å². The van der Waals surface area contributed by atoms with Gasteiger partial charge in [0.05, 0.1) is 22.9 Å². The molecule has 0 bridgehead atoms. The molecule has 0 atom stereocenters. The Morgan fingerprint density at radius 1 is 1.37 bits per heavy atom. The molecule has 0 saturated carbocycles. The molecule has 0 aliphatic heterocycles. The van der Waals surface area contributed by atoms with Crippen LogP contribution in [0.4, 0.5) is 0 Å². The summed E-state index contributed by atoms with van der Waals surface area (Å²) in [5.74, 6) is -0.608. The summed E-state index contributed by atoms with van der Waals surface area (Å²) in [5, 5.41) is 17.5. The molecule has 0 aliphatic rings. The summed E-state index contributed by atoms with van der Waals surface area (Å²) in [4.78, 5) is 18.6. The number of hydrogen-bond donors (Lipinski definition) is 1. The zero-order chi connectivity index (χ0) is 13.8. The third-order valence-corrected chi connectivity index (χ3v) is 2.38. The lowest BCUT2D eigenvalue weighted by atomic mass is 10.2. The van der Waals surface area contributed by atoms with Gasteiger partial charge in [-0.05, 0) is 31.2 Å². The van der Waals surface area contributed by atoms with Crippen LogP contribution in [-0.2, 0) is 0 Å². The highest BCUT2D eigenvalue weighted by Crippen LogP contribution is 2.18. The van der Waals surface area contributed by atoms with Crippen molar-refractivity contribution in [3.8, 4) is 17.8 Å². The van der Waals surface area contributed by atoms with E-state index in [4.69, 9.17) is 15.1 Å². The molecule has 0 saturated heterocycles. The predicted octanol–water partition coefficient (Wildman–Crippen LogP) is 2.15. The zero-order valence-corrected chi connectivity index (χ0v) is 9.99. The van der Waals surface area contributed by atoms with Crippen LogP contribution in [0.3, 0.4) is 0 Å². The summed E-state index contributed by atoms with van der Waals surface area (Å²) in [5.41, 5.74) is 0.879. The van der Waals surface area contributed by atoms with Gasteiger partial charge < -0.3 is 9.84 Å². The Morgan fingerprint density at radius 3 is 2.58 bits per heavy atom. The van der Waals surface area contributed by atoms with Crippen molar-refractivity contribution >= 4 is 5.97 Å². The number of nitrogens with zero attached hydrogens (tertiary/aromatic N) is 3. The van der Waals surface area contributed by atoms with Gasteiger partial charge in [-0.25, -0.2) is 9.78 Å². The molecule has 19 heavy (non-hydrogen) atoms. The highest BCUT2D eigenvalue weighted by atomic mass is 16.5. The molecule has 2 rings (SSSR count). The molecule has 0 aliphatic carbocycles. The van der Waals surface area contributed by atoms with Gasteiger partial charge in [-0.2, -0.15) is 10.2 Å². The summed E-state index contributed by atoms with van der Waals surface area (Å²) < 4.78 is 5.37. The van der Waals surface area contributed by atoms with E-state index < -0.39 is 5.97 Å². The Kier molecular flexibility index (Phi) is 3.39. The first kappa shape index (κ1) is 12.5. The van der Waals surface area contributed by atoms with Gasteiger partial charge >= 0.3 is 12.0 Å². The summed E-state index contributed by atoms with van der Waals surface area (Å²) in [6.07, 6.45) is 1.20. The van der Waals surface area contributed by atoms with Gasteiger partial charge in [-0.1, -0.05) is 0 Å². The van der Waals surface area contributed by atoms with Gasteiger partial charge in [0.1, 0.15) is 5.75 Å². The second-order valence-electron chi connectivity index (χ2n) is 3.70. The predicted molar refractivity (Wildman–Crippen MR) is 65.0 cm³/mol. The molecule has 6 heteroatoms. The first-order valence-electron chi connectivity index (χ1n) is 5.35. The number of carbonyl (C=O) groups is 1. The molecule has 1 aromatic heterocycles. The normalized spacial score (nSPS) is 9.68. The van der Waals surface area contributed by atoms with Crippen LogP contribution in [0.5, 0.6) is 11.8 Å². The fourth-order valence-electron chi connectivity index (χ4n) is 1.41. The van der Waals surface area contributed by atoms with E-state index in [0.717, 1.165) is 0 Å². The van der Waals surface area contributed by atoms with E-state index in [1.165, 1.54) is 6.20 Å². The number of nitriles is 1. The number of aryl methyl sites for hydroxylation is 1. The average Bonchev–Trinajstić information content (AvgIpc) is 2.39. The minimum Gasteiger partial charge on any atom is -0.478 e. The smallest absolute Gasteiger partial charge is 0.339 e. The van der Waals surface area contributed by atoms with Gasteiger partial charge in [0, 0.05) is 6.20 Å². The molecule has 94 valence electrons. The van der Waals surface area contributed by atoms with Crippen molar-refractivity contribution in [2.75, 3.05) is 0 Å². The van der Waals surface area contributed by atoms with Crippen LogP contribution in [-0.4, -0.2) is 21.0 Å².